The summed E-state index contributed by atoms with van der Waals surface area (Å²) < 4.78 is 10.9. The van der Waals surface area contributed by atoms with Crippen molar-refractivity contribution in [3.05, 3.63) is 0 Å². The fourth-order valence-corrected chi connectivity index (χ4v) is 4.48. The molecule has 6 nitrogen and oxygen atoms in total. The summed E-state index contributed by atoms with van der Waals surface area (Å²) in [4.78, 5) is 17.9. The van der Waals surface area contributed by atoms with Crippen LogP contribution < -0.4 is 5.32 Å². The van der Waals surface area contributed by atoms with Crippen molar-refractivity contribution >= 4 is 5.91 Å². The molecule has 0 aromatic rings. The average molecular weight is 354 g/mol. The van der Waals surface area contributed by atoms with Crippen LogP contribution in [0, 0.1) is 5.92 Å². The molecule has 0 saturated carbocycles. The maximum Gasteiger partial charge on any atom is 0.240 e. The predicted molar refractivity (Wildman–Crippen MR) is 97.6 cm³/mol. The molecule has 3 rings (SSSR count). The first-order valence-corrected chi connectivity index (χ1v) is 10.0. The molecule has 1 unspecified atom stereocenters. The number of amides is 1. The highest BCUT2D eigenvalue weighted by atomic mass is 16.5. The molecule has 0 bridgehead atoms. The Morgan fingerprint density at radius 2 is 1.64 bits per heavy atom. The molecule has 3 fully saturated rings. The van der Waals surface area contributed by atoms with E-state index < -0.39 is 0 Å². The Kier molecular flexibility index (Phi) is 6.72. The van der Waals surface area contributed by atoms with E-state index in [1.54, 1.807) is 0 Å². The summed E-state index contributed by atoms with van der Waals surface area (Å²) in [5.74, 6) is 0.578. The van der Waals surface area contributed by atoms with E-state index in [-0.39, 0.29) is 18.0 Å². The molecule has 6 heteroatoms. The second-order valence-electron chi connectivity index (χ2n) is 8.05. The Balaban J connectivity index is 1.61. The maximum atomic E-state index is 13.3. The second-order valence-corrected chi connectivity index (χ2v) is 8.05. The maximum absolute atomic E-state index is 13.3. The summed E-state index contributed by atoms with van der Waals surface area (Å²) in [6, 6.07) is 1.07. The highest BCUT2D eigenvalue weighted by Gasteiger charge is 2.40. The highest BCUT2D eigenvalue weighted by Crippen LogP contribution is 2.25. The zero-order valence-corrected chi connectivity index (χ0v) is 16.1. The molecule has 0 aromatic heterocycles. The summed E-state index contributed by atoms with van der Waals surface area (Å²) in [5, 5.41) is 3.64. The molecular formula is C19H35N3O3. The number of hydrogen-bond donors (Lipinski definition) is 1. The predicted octanol–water partition coefficient (Wildman–Crippen LogP) is 1.10. The van der Waals surface area contributed by atoms with Gasteiger partial charge in [-0.2, -0.15) is 0 Å². The SMILES string of the molecule is CC(C)C(NC1CCOCC1)C(=O)N1CC[C@@H](N2CCOCC2)[C@H]1C. The Morgan fingerprint density at radius 3 is 2.28 bits per heavy atom. The Bertz CT molecular complexity index is 434. The van der Waals surface area contributed by atoms with Gasteiger partial charge in [0, 0.05) is 51.0 Å². The van der Waals surface area contributed by atoms with Gasteiger partial charge in [-0.25, -0.2) is 0 Å². The van der Waals surface area contributed by atoms with E-state index in [1.807, 2.05) is 0 Å². The second kappa shape index (κ2) is 8.80. The third-order valence-electron chi connectivity index (χ3n) is 6.08. The highest BCUT2D eigenvalue weighted by molar-refractivity contribution is 5.83. The fraction of sp³-hybridized carbons (Fsp3) is 0.947. The van der Waals surface area contributed by atoms with Crippen LogP contribution in [-0.2, 0) is 14.3 Å². The van der Waals surface area contributed by atoms with Crippen molar-refractivity contribution in [1.29, 1.82) is 0 Å². The van der Waals surface area contributed by atoms with Crippen LogP contribution in [0.3, 0.4) is 0 Å². The number of morpholine rings is 1. The van der Waals surface area contributed by atoms with Gasteiger partial charge in [0.15, 0.2) is 0 Å². The van der Waals surface area contributed by atoms with E-state index in [2.05, 4.69) is 35.9 Å². The van der Waals surface area contributed by atoms with Gasteiger partial charge >= 0.3 is 0 Å². The average Bonchev–Trinajstić information content (AvgIpc) is 3.02. The summed E-state index contributed by atoms with van der Waals surface area (Å²) in [7, 11) is 0. The summed E-state index contributed by atoms with van der Waals surface area (Å²) in [6.07, 6.45) is 3.08. The number of carbonyl (C=O) groups excluding carboxylic acids is 1. The van der Waals surface area contributed by atoms with E-state index >= 15 is 0 Å². The quantitative estimate of drug-likeness (QED) is 0.802. The van der Waals surface area contributed by atoms with Crippen molar-refractivity contribution in [2.75, 3.05) is 46.1 Å². The molecule has 3 saturated heterocycles. The van der Waals surface area contributed by atoms with Crippen molar-refractivity contribution in [3.63, 3.8) is 0 Å². The topological polar surface area (TPSA) is 54.0 Å². The molecule has 0 spiro atoms. The van der Waals surface area contributed by atoms with Gasteiger partial charge in [-0.3, -0.25) is 9.69 Å². The van der Waals surface area contributed by atoms with E-state index in [0.717, 1.165) is 65.3 Å². The minimum absolute atomic E-state index is 0.0889. The number of carbonyl (C=O) groups is 1. The van der Waals surface area contributed by atoms with Gasteiger partial charge in [0.05, 0.1) is 19.3 Å². The van der Waals surface area contributed by atoms with E-state index in [9.17, 15) is 4.79 Å². The number of hydrogen-bond acceptors (Lipinski definition) is 5. The standard InChI is InChI=1S/C19H35N3O3/c1-14(2)18(20-16-5-10-24-11-6-16)19(23)22-7-4-17(15(22)3)21-8-12-25-13-9-21/h14-18,20H,4-13H2,1-3H3/t15-,17-,18?/m1/s1. The van der Waals surface area contributed by atoms with Crippen LogP contribution in [0.1, 0.15) is 40.0 Å². The van der Waals surface area contributed by atoms with Crippen LogP contribution in [0.25, 0.3) is 0 Å². The number of nitrogens with one attached hydrogen (secondary N) is 1. The van der Waals surface area contributed by atoms with Crippen molar-refractivity contribution in [3.8, 4) is 0 Å². The van der Waals surface area contributed by atoms with Gasteiger partial charge < -0.3 is 19.7 Å². The Hall–Kier alpha value is -0.690. The lowest BCUT2D eigenvalue weighted by molar-refractivity contribution is -0.136. The Morgan fingerprint density at radius 1 is 1.00 bits per heavy atom. The first kappa shape index (κ1) is 19.1. The van der Waals surface area contributed by atoms with Gasteiger partial charge in [0.2, 0.25) is 5.91 Å². The molecule has 144 valence electrons. The third-order valence-corrected chi connectivity index (χ3v) is 6.08. The van der Waals surface area contributed by atoms with Crippen LogP contribution >= 0.6 is 0 Å². The van der Waals surface area contributed by atoms with Crippen LogP contribution in [-0.4, -0.2) is 85.9 Å². The van der Waals surface area contributed by atoms with Gasteiger partial charge in [-0.1, -0.05) is 13.8 Å². The van der Waals surface area contributed by atoms with E-state index in [1.165, 1.54) is 0 Å². The Labute approximate surface area is 152 Å². The molecule has 3 heterocycles. The zero-order chi connectivity index (χ0) is 17.8. The monoisotopic (exact) mass is 353 g/mol. The fourth-order valence-electron chi connectivity index (χ4n) is 4.48. The lowest BCUT2D eigenvalue weighted by Gasteiger charge is -2.37. The molecule has 0 radical (unpaired) electrons. The molecule has 0 aromatic carbocycles. The number of rotatable bonds is 5. The minimum Gasteiger partial charge on any atom is -0.381 e. The third kappa shape index (κ3) is 4.54. The van der Waals surface area contributed by atoms with Crippen LogP contribution in [0.5, 0.6) is 0 Å². The van der Waals surface area contributed by atoms with Crippen molar-refractivity contribution in [1.82, 2.24) is 15.1 Å². The molecule has 3 aliphatic heterocycles. The van der Waals surface area contributed by atoms with Crippen LogP contribution in [0.15, 0.2) is 0 Å². The van der Waals surface area contributed by atoms with Crippen molar-refractivity contribution in [2.24, 2.45) is 5.92 Å². The molecule has 3 aliphatic rings. The van der Waals surface area contributed by atoms with Gasteiger partial charge in [0.25, 0.3) is 0 Å². The summed E-state index contributed by atoms with van der Waals surface area (Å²) in [6.45, 7) is 12.6. The normalized spacial score (nSPS) is 30.8. The summed E-state index contributed by atoms with van der Waals surface area (Å²) >= 11 is 0. The minimum atomic E-state index is -0.0889. The van der Waals surface area contributed by atoms with E-state index in [4.69, 9.17) is 9.47 Å². The summed E-state index contributed by atoms with van der Waals surface area (Å²) in [5.41, 5.74) is 0. The molecule has 1 amide bonds. The van der Waals surface area contributed by atoms with Crippen molar-refractivity contribution < 1.29 is 14.3 Å². The molecule has 3 atom stereocenters. The molecule has 25 heavy (non-hydrogen) atoms. The number of nitrogens with zero attached hydrogens (tertiary/aromatic N) is 2. The van der Waals surface area contributed by atoms with Gasteiger partial charge in [-0.05, 0) is 32.1 Å². The molecule has 0 aliphatic carbocycles. The van der Waals surface area contributed by atoms with Crippen LogP contribution in [0.4, 0.5) is 0 Å². The van der Waals surface area contributed by atoms with Gasteiger partial charge in [-0.15, -0.1) is 0 Å². The first-order valence-electron chi connectivity index (χ1n) is 10.0. The van der Waals surface area contributed by atoms with Crippen molar-refractivity contribution in [2.45, 2.75) is 64.2 Å². The first-order chi connectivity index (χ1) is 12.1. The smallest absolute Gasteiger partial charge is 0.240 e. The largest absolute Gasteiger partial charge is 0.381 e. The lowest BCUT2D eigenvalue weighted by atomic mass is 9.99. The van der Waals surface area contributed by atoms with E-state index in [0.29, 0.717) is 18.0 Å². The van der Waals surface area contributed by atoms with Gasteiger partial charge in [0.1, 0.15) is 0 Å². The zero-order valence-electron chi connectivity index (χ0n) is 16.1. The number of ether oxygens (including phenoxy) is 2. The molecular weight excluding hydrogens is 318 g/mol. The lowest BCUT2D eigenvalue weighted by Crippen LogP contribution is -2.56. The van der Waals surface area contributed by atoms with Crippen LogP contribution in [0.2, 0.25) is 0 Å². The number of likely N-dealkylation sites (tertiary alicyclic amines) is 1. The molecule has 1 N–H and O–H groups in total.